The molecule has 3 amide bonds. The fourth-order valence-electron chi connectivity index (χ4n) is 3.14. The number of hydrogen-bond donors (Lipinski definition) is 4. The third-order valence-corrected chi connectivity index (χ3v) is 4.81. The molecule has 0 radical (unpaired) electrons. The first-order valence-electron chi connectivity index (χ1n) is 11.1. The van der Waals surface area contributed by atoms with Gasteiger partial charge in [0.15, 0.2) is 0 Å². The third kappa shape index (κ3) is 8.76. The average molecular weight is 476 g/mol. The van der Waals surface area contributed by atoms with Crippen LogP contribution in [0, 0.1) is 5.92 Å². The molecular formula is C24H33N3O7. The predicted octanol–water partition coefficient (Wildman–Crippen LogP) is 1.57. The Labute approximate surface area is 199 Å². The fraction of sp³-hybridized carbons (Fsp3) is 0.500. The molecule has 0 saturated carbocycles. The lowest BCUT2D eigenvalue weighted by Crippen LogP contribution is -2.55. The highest BCUT2D eigenvalue weighted by atomic mass is 16.6. The Morgan fingerprint density at radius 1 is 1.18 bits per heavy atom. The lowest BCUT2D eigenvalue weighted by molar-refractivity contribution is -0.148. The monoisotopic (exact) mass is 475 g/mol. The minimum atomic E-state index is -1.05. The molecule has 1 aliphatic heterocycles. The first-order valence-corrected chi connectivity index (χ1v) is 11.1. The van der Waals surface area contributed by atoms with Gasteiger partial charge >= 0.3 is 12.1 Å². The molecule has 0 fully saturated rings. The molecule has 186 valence electrons. The molecule has 34 heavy (non-hydrogen) atoms. The number of ether oxygens (including phenoxy) is 2. The van der Waals surface area contributed by atoms with E-state index in [0.717, 1.165) is 0 Å². The molecule has 2 rings (SSSR count). The van der Waals surface area contributed by atoms with E-state index in [-0.39, 0.29) is 24.7 Å². The van der Waals surface area contributed by atoms with E-state index < -0.39 is 47.6 Å². The van der Waals surface area contributed by atoms with Crippen molar-refractivity contribution in [2.45, 2.75) is 64.8 Å². The molecule has 0 aromatic heterocycles. The minimum absolute atomic E-state index is 0.0690. The second-order valence-electron chi connectivity index (χ2n) is 9.40. The van der Waals surface area contributed by atoms with E-state index in [1.54, 1.807) is 46.8 Å². The Kier molecular flexibility index (Phi) is 9.05. The third-order valence-electron chi connectivity index (χ3n) is 4.81. The molecule has 1 aromatic rings. The Hall–Kier alpha value is -3.56. The van der Waals surface area contributed by atoms with Crippen LogP contribution in [0.25, 0.3) is 0 Å². The van der Waals surface area contributed by atoms with Crippen molar-refractivity contribution in [2.24, 2.45) is 5.92 Å². The van der Waals surface area contributed by atoms with Crippen molar-refractivity contribution in [3.63, 3.8) is 0 Å². The number of alkyl carbamates (subject to hydrolysis) is 1. The molecule has 0 spiro atoms. The molecule has 1 aliphatic rings. The number of carbonyl (C=O) groups excluding carboxylic acids is 4. The second kappa shape index (κ2) is 11.5. The number of cyclic esters (lactones) is 1. The van der Waals surface area contributed by atoms with Gasteiger partial charge in [-0.05, 0) is 44.4 Å². The zero-order valence-corrected chi connectivity index (χ0v) is 20.1. The van der Waals surface area contributed by atoms with Crippen LogP contribution in [0.5, 0.6) is 5.75 Å². The summed E-state index contributed by atoms with van der Waals surface area (Å²) in [5.41, 5.74) is -0.0578. The van der Waals surface area contributed by atoms with Gasteiger partial charge in [0, 0.05) is 12.5 Å². The van der Waals surface area contributed by atoms with Crippen LogP contribution in [0.2, 0.25) is 0 Å². The number of phenols is 1. The molecule has 1 heterocycles. The quantitative estimate of drug-likeness (QED) is 0.484. The summed E-state index contributed by atoms with van der Waals surface area (Å²) >= 11 is 0. The molecule has 0 bridgehead atoms. The van der Waals surface area contributed by atoms with Gasteiger partial charge in [-0.2, -0.15) is 0 Å². The van der Waals surface area contributed by atoms with E-state index >= 15 is 0 Å². The SMILES string of the molecule is CC(C)[C@@H]1NC(=O)/C=C\[C@@H](NC(=O)OC(C)(C)C)COC(=O)[C@H](Cc2ccc(O)cc2)NC1=O. The fourth-order valence-corrected chi connectivity index (χ4v) is 3.14. The summed E-state index contributed by atoms with van der Waals surface area (Å²) in [6, 6.07) is 3.40. The predicted molar refractivity (Wildman–Crippen MR) is 124 cm³/mol. The Morgan fingerprint density at radius 3 is 2.41 bits per heavy atom. The lowest BCUT2D eigenvalue weighted by atomic mass is 10.0. The molecule has 0 unspecified atom stereocenters. The molecule has 3 atom stereocenters. The van der Waals surface area contributed by atoms with Crippen LogP contribution in [0.15, 0.2) is 36.4 Å². The molecule has 0 aliphatic carbocycles. The van der Waals surface area contributed by atoms with Crippen LogP contribution in [0.4, 0.5) is 4.79 Å². The number of benzene rings is 1. The topological polar surface area (TPSA) is 143 Å². The molecule has 0 saturated heterocycles. The molecule has 4 N–H and O–H groups in total. The number of hydrogen-bond acceptors (Lipinski definition) is 7. The first kappa shape index (κ1) is 26.7. The summed E-state index contributed by atoms with van der Waals surface area (Å²) in [5.74, 6) is -1.96. The number of amides is 3. The van der Waals surface area contributed by atoms with Gasteiger partial charge in [0.1, 0.15) is 30.0 Å². The Bertz CT molecular complexity index is 919. The van der Waals surface area contributed by atoms with Crippen molar-refractivity contribution in [3.05, 3.63) is 42.0 Å². The van der Waals surface area contributed by atoms with Crippen LogP contribution in [0.3, 0.4) is 0 Å². The maximum atomic E-state index is 12.9. The summed E-state index contributed by atoms with van der Waals surface area (Å²) < 4.78 is 10.6. The largest absolute Gasteiger partial charge is 0.508 e. The maximum absolute atomic E-state index is 12.9. The Balaban J connectivity index is 2.28. The van der Waals surface area contributed by atoms with Crippen molar-refractivity contribution in [3.8, 4) is 5.75 Å². The zero-order valence-electron chi connectivity index (χ0n) is 20.1. The Morgan fingerprint density at radius 2 is 1.82 bits per heavy atom. The van der Waals surface area contributed by atoms with Gasteiger partial charge in [-0.3, -0.25) is 9.59 Å². The van der Waals surface area contributed by atoms with Gasteiger partial charge in [-0.15, -0.1) is 0 Å². The summed E-state index contributed by atoms with van der Waals surface area (Å²) in [7, 11) is 0. The molecule has 1 aromatic carbocycles. The second-order valence-corrected chi connectivity index (χ2v) is 9.40. The highest BCUT2D eigenvalue weighted by molar-refractivity contribution is 5.94. The normalized spacial score (nSPS) is 23.0. The smallest absolute Gasteiger partial charge is 0.408 e. The highest BCUT2D eigenvalue weighted by Gasteiger charge is 2.30. The van der Waals surface area contributed by atoms with E-state index in [1.807, 2.05) is 0 Å². The van der Waals surface area contributed by atoms with Crippen LogP contribution in [-0.4, -0.2) is 59.3 Å². The first-order chi connectivity index (χ1) is 15.8. The number of carbonyl (C=O) groups is 4. The van der Waals surface area contributed by atoms with Gasteiger partial charge in [0.25, 0.3) is 0 Å². The van der Waals surface area contributed by atoms with Crippen LogP contribution in [-0.2, 0) is 30.3 Å². The van der Waals surface area contributed by atoms with E-state index in [4.69, 9.17) is 9.47 Å². The van der Waals surface area contributed by atoms with Gasteiger partial charge < -0.3 is 30.5 Å². The maximum Gasteiger partial charge on any atom is 0.408 e. The summed E-state index contributed by atoms with van der Waals surface area (Å²) in [4.78, 5) is 50.4. The van der Waals surface area contributed by atoms with Gasteiger partial charge in [0.2, 0.25) is 11.8 Å². The number of esters is 1. The molecular weight excluding hydrogens is 442 g/mol. The van der Waals surface area contributed by atoms with Gasteiger partial charge in [-0.25, -0.2) is 9.59 Å². The standard InChI is InChI=1S/C24H33N3O7/c1-14(2)20-21(30)26-18(12-15-6-9-17(28)10-7-15)22(31)33-13-16(8-11-19(29)27-20)25-23(32)34-24(3,4)5/h6-11,14,16,18,20,28H,12-13H2,1-5H3,(H,25,32)(H,26,30)(H,27,29)/b11-8-/t16-,18+,20+/m1/s1. The van der Waals surface area contributed by atoms with E-state index in [1.165, 1.54) is 24.3 Å². The molecule has 10 heteroatoms. The summed E-state index contributed by atoms with van der Waals surface area (Å²) in [6.45, 7) is 8.37. The van der Waals surface area contributed by atoms with Crippen molar-refractivity contribution >= 4 is 23.9 Å². The number of aromatic hydroxyl groups is 1. The average Bonchev–Trinajstić information content (AvgIpc) is 2.72. The number of rotatable bonds is 4. The number of phenolic OH excluding ortho intramolecular Hbond substituents is 1. The van der Waals surface area contributed by atoms with Crippen molar-refractivity contribution in [1.82, 2.24) is 16.0 Å². The van der Waals surface area contributed by atoms with E-state index in [2.05, 4.69) is 16.0 Å². The van der Waals surface area contributed by atoms with E-state index in [9.17, 15) is 24.3 Å². The van der Waals surface area contributed by atoms with Crippen molar-refractivity contribution in [2.75, 3.05) is 6.61 Å². The van der Waals surface area contributed by atoms with Crippen LogP contribution in [0.1, 0.15) is 40.2 Å². The minimum Gasteiger partial charge on any atom is -0.508 e. The van der Waals surface area contributed by atoms with Crippen LogP contribution < -0.4 is 16.0 Å². The zero-order chi connectivity index (χ0) is 25.5. The van der Waals surface area contributed by atoms with Crippen molar-refractivity contribution < 1.29 is 33.8 Å². The van der Waals surface area contributed by atoms with Crippen LogP contribution >= 0.6 is 0 Å². The number of nitrogens with one attached hydrogen (secondary N) is 3. The van der Waals surface area contributed by atoms with Crippen molar-refractivity contribution in [1.29, 1.82) is 0 Å². The highest BCUT2D eigenvalue weighted by Crippen LogP contribution is 2.13. The molecule has 10 nitrogen and oxygen atoms in total. The summed E-state index contributed by atoms with van der Waals surface area (Å²) in [5, 5.41) is 17.4. The lowest BCUT2D eigenvalue weighted by Gasteiger charge is -2.26. The van der Waals surface area contributed by atoms with Gasteiger partial charge in [0.05, 0.1) is 6.04 Å². The van der Waals surface area contributed by atoms with Gasteiger partial charge in [-0.1, -0.05) is 32.1 Å². The van der Waals surface area contributed by atoms with E-state index in [0.29, 0.717) is 5.56 Å². The summed E-state index contributed by atoms with van der Waals surface area (Å²) in [6.07, 6.45) is 1.91.